The summed E-state index contributed by atoms with van der Waals surface area (Å²) in [6, 6.07) is -0.632. The molecule has 2 atom stereocenters. The van der Waals surface area contributed by atoms with Crippen molar-refractivity contribution in [3.05, 3.63) is 24.3 Å². The van der Waals surface area contributed by atoms with Crippen LogP contribution in [0.3, 0.4) is 0 Å². The summed E-state index contributed by atoms with van der Waals surface area (Å²) in [5, 5.41) is 23.0. The second kappa shape index (κ2) is 52.0. The van der Waals surface area contributed by atoms with Gasteiger partial charge in [-0.3, -0.25) is 9.59 Å². The highest BCUT2D eigenvalue weighted by atomic mass is 16.5. The summed E-state index contributed by atoms with van der Waals surface area (Å²) in [6.07, 6.45) is 61.9. The Labute approximate surface area is 386 Å². The molecule has 0 aromatic carbocycles. The largest absolute Gasteiger partial charge is 0.466 e. The third-order valence-electron chi connectivity index (χ3n) is 12.7. The molecule has 0 heterocycles. The normalized spacial score (nSPS) is 12.8. The quantitative estimate of drug-likeness (QED) is 0.0321. The number of hydrogen-bond donors (Lipinski definition) is 3. The Morgan fingerprint density at radius 3 is 1.15 bits per heavy atom. The van der Waals surface area contributed by atoms with Crippen molar-refractivity contribution in [2.45, 2.75) is 309 Å². The molecule has 0 saturated heterocycles. The number of esters is 1. The number of ether oxygens (including phenoxy) is 1. The van der Waals surface area contributed by atoms with E-state index < -0.39 is 12.1 Å². The minimum Gasteiger partial charge on any atom is -0.466 e. The molecular formula is C56H107NO5. The van der Waals surface area contributed by atoms with E-state index in [4.69, 9.17) is 4.74 Å². The third-order valence-corrected chi connectivity index (χ3v) is 12.7. The summed E-state index contributed by atoms with van der Waals surface area (Å²) < 4.78 is 5.47. The fourth-order valence-electron chi connectivity index (χ4n) is 8.45. The lowest BCUT2D eigenvalue weighted by molar-refractivity contribution is -0.143. The van der Waals surface area contributed by atoms with Crippen LogP contribution in [-0.4, -0.2) is 47.4 Å². The van der Waals surface area contributed by atoms with E-state index in [0.717, 1.165) is 44.9 Å². The number of unbranched alkanes of at least 4 members (excludes halogenated alkanes) is 38. The fourth-order valence-corrected chi connectivity index (χ4v) is 8.45. The van der Waals surface area contributed by atoms with Gasteiger partial charge in [0.2, 0.25) is 5.91 Å². The first-order valence-corrected chi connectivity index (χ1v) is 27.6. The number of carbonyl (C=O) groups excluding carboxylic acids is 2. The molecule has 0 bridgehead atoms. The molecular weight excluding hydrogens is 767 g/mol. The molecule has 0 spiro atoms. The smallest absolute Gasteiger partial charge is 0.305 e. The van der Waals surface area contributed by atoms with Crippen molar-refractivity contribution in [2.75, 3.05) is 13.2 Å². The summed E-state index contributed by atoms with van der Waals surface area (Å²) in [7, 11) is 0. The monoisotopic (exact) mass is 874 g/mol. The van der Waals surface area contributed by atoms with Gasteiger partial charge >= 0.3 is 5.97 Å². The van der Waals surface area contributed by atoms with Gasteiger partial charge in [0.15, 0.2) is 0 Å². The van der Waals surface area contributed by atoms with Crippen LogP contribution >= 0.6 is 0 Å². The summed E-state index contributed by atoms with van der Waals surface area (Å²) in [5.41, 5.74) is 0. The van der Waals surface area contributed by atoms with Crippen molar-refractivity contribution in [1.82, 2.24) is 5.32 Å². The summed E-state index contributed by atoms with van der Waals surface area (Å²) in [5.74, 6) is -0.0703. The van der Waals surface area contributed by atoms with E-state index in [1.165, 1.54) is 225 Å². The van der Waals surface area contributed by atoms with Gasteiger partial charge < -0.3 is 20.3 Å². The van der Waals surface area contributed by atoms with Crippen molar-refractivity contribution in [1.29, 1.82) is 0 Å². The van der Waals surface area contributed by atoms with Gasteiger partial charge in [0.05, 0.1) is 25.4 Å². The highest BCUT2D eigenvalue weighted by Crippen LogP contribution is 2.16. The van der Waals surface area contributed by atoms with Gasteiger partial charge in [-0.2, -0.15) is 0 Å². The Bertz CT molecular complexity index is 966. The molecule has 6 heteroatoms. The van der Waals surface area contributed by atoms with E-state index in [1.54, 1.807) is 6.08 Å². The average molecular weight is 874 g/mol. The number of allylic oxidation sites excluding steroid dienone is 3. The molecule has 0 aromatic heterocycles. The Hall–Kier alpha value is -1.66. The van der Waals surface area contributed by atoms with Crippen LogP contribution < -0.4 is 5.32 Å². The zero-order valence-corrected chi connectivity index (χ0v) is 41.6. The van der Waals surface area contributed by atoms with Crippen LogP contribution in [0.1, 0.15) is 296 Å². The lowest BCUT2D eigenvalue weighted by atomic mass is 10.0. The summed E-state index contributed by atoms with van der Waals surface area (Å²) in [6.45, 7) is 4.89. The van der Waals surface area contributed by atoms with Gasteiger partial charge in [0.1, 0.15) is 0 Å². The Morgan fingerprint density at radius 2 is 0.758 bits per heavy atom. The van der Waals surface area contributed by atoms with E-state index >= 15 is 0 Å². The molecule has 2 unspecified atom stereocenters. The van der Waals surface area contributed by atoms with Gasteiger partial charge in [-0.05, 0) is 57.8 Å². The zero-order valence-electron chi connectivity index (χ0n) is 41.6. The number of aliphatic hydroxyl groups excluding tert-OH is 2. The minimum atomic E-state index is -0.848. The topological polar surface area (TPSA) is 95.9 Å². The number of hydrogen-bond acceptors (Lipinski definition) is 5. The van der Waals surface area contributed by atoms with Crippen molar-refractivity contribution in [3.63, 3.8) is 0 Å². The SMILES string of the molecule is CCCCCCCCCCCC/C=C/C(O)C(CO)NC(=O)CCCCCCCCC/C=C\CCCCCCCCCCCOC(=O)CCCCCCCCCCCCCCC. The Kier molecular flexibility index (Phi) is 50.6. The summed E-state index contributed by atoms with van der Waals surface area (Å²) in [4.78, 5) is 24.4. The number of amides is 1. The first-order chi connectivity index (χ1) is 30.5. The average Bonchev–Trinajstić information content (AvgIpc) is 3.27. The molecule has 0 rings (SSSR count). The summed E-state index contributed by atoms with van der Waals surface area (Å²) >= 11 is 0. The van der Waals surface area contributed by atoms with E-state index in [0.29, 0.717) is 19.4 Å². The Balaban J connectivity index is 3.44. The predicted octanol–water partition coefficient (Wildman–Crippen LogP) is 16.7. The molecule has 366 valence electrons. The molecule has 0 aliphatic heterocycles. The maximum Gasteiger partial charge on any atom is 0.305 e. The third kappa shape index (κ3) is 47.8. The molecule has 3 N–H and O–H groups in total. The molecule has 0 fully saturated rings. The number of carbonyl (C=O) groups is 2. The van der Waals surface area contributed by atoms with Gasteiger partial charge in [0, 0.05) is 12.8 Å². The minimum absolute atomic E-state index is 0.00685. The van der Waals surface area contributed by atoms with E-state index in [2.05, 4.69) is 31.3 Å². The van der Waals surface area contributed by atoms with Crippen LogP contribution in [0, 0.1) is 0 Å². The first-order valence-electron chi connectivity index (χ1n) is 27.6. The van der Waals surface area contributed by atoms with E-state index in [-0.39, 0.29) is 18.5 Å². The maximum absolute atomic E-state index is 12.4. The molecule has 0 aliphatic carbocycles. The van der Waals surface area contributed by atoms with Crippen LogP contribution in [0.15, 0.2) is 24.3 Å². The molecule has 0 saturated carbocycles. The van der Waals surface area contributed by atoms with Gasteiger partial charge in [0.25, 0.3) is 0 Å². The van der Waals surface area contributed by atoms with Crippen LogP contribution in [0.25, 0.3) is 0 Å². The highest BCUT2D eigenvalue weighted by Gasteiger charge is 2.18. The second-order valence-electron chi connectivity index (χ2n) is 18.9. The molecule has 62 heavy (non-hydrogen) atoms. The van der Waals surface area contributed by atoms with Gasteiger partial charge in [-0.1, -0.05) is 250 Å². The second-order valence-corrected chi connectivity index (χ2v) is 18.9. The van der Waals surface area contributed by atoms with Crippen molar-refractivity contribution >= 4 is 11.9 Å². The lowest BCUT2D eigenvalue weighted by Gasteiger charge is -2.20. The standard InChI is InChI=1S/C56H107NO5/c1-3-5-7-9-11-13-15-25-30-34-38-42-46-50-56(61)62-51-47-43-39-35-31-27-24-22-20-18-17-19-21-23-26-29-33-37-41-45-49-55(60)57-53(52-58)54(59)48-44-40-36-32-28-16-14-12-10-8-6-4-2/h17,19,44,48,53-54,58-59H,3-16,18,20-43,45-47,49-52H2,1-2H3,(H,57,60)/b19-17-,48-44+. The lowest BCUT2D eigenvalue weighted by Crippen LogP contribution is -2.45. The number of rotatable bonds is 51. The molecule has 0 radical (unpaired) electrons. The van der Waals surface area contributed by atoms with Crippen molar-refractivity contribution < 1.29 is 24.5 Å². The van der Waals surface area contributed by atoms with Crippen LogP contribution in [-0.2, 0) is 14.3 Å². The van der Waals surface area contributed by atoms with Gasteiger partial charge in [-0.25, -0.2) is 0 Å². The molecule has 1 amide bonds. The van der Waals surface area contributed by atoms with E-state index in [1.807, 2.05) is 6.08 Å². The first kappa shape index (κ1) is 60.3. The molecule has 0 aromatic rings. The number of nitrogens with one attached hydrogen (secondary N) is 1. The van der Waals surface area contributed by atoms with E-state index in [9.17, 15) is 19.8 Å². The molecule has 6 nitrogen and oxygen atoms in total. The zero-order chi connectivity index (χ0) is 45.1. The maximum atomic E-state index is 12.4. The van der Waals surface area contributed by atoms with Crippen molar-refractivity contribution in [3.8, 4) is 0 Å². The van der Waals surface area contributed by atoms with Crippen molar-refractivity contribution in [2.24, 2.45) is 0 Å². The van der Waals surface area contributed by atoms with Gasteiger partial charge in [-0.15, -0.1) is 0 Å². The molecule has 0 aliphatic rings. The fraction of sp³-hybridized carbons (Fsp3) is 0.893. The highest BCUT2D eigenvalue weighted by molar-refractivity contribution is 5.76. The van der Waals surface area contributed by atoms with Crippen LogP contribution in [0.2, 0.25) is 0 Å². The Morgan fingerprint density at radius 1 is 0.435 bits per heavy atom. The predicted molar refractivity (Wildman–Crippen MR) is 269 cm³/mol. The van der Waals surface area contributed by atoms with Crippen LogP contribution in [0.4, 0.5) is 0 Å². The number of aliphatic hydroxyl groups is 2. The van der Waals surface area contributed by atoms with Crippen LogP contribution in [0.5, 0.6) is 0 Å².